The van der Waals surface area contributed by atoms with E-state index in [9.17, 15) is 32.5 Å². The van der Waals surface area contributed by atoms with Gasteiger partial charge in [-0.3, -0.25) is 19.6 Å². The number of nitro groups is 1. The van der Waals surface area contributed by atoms with Crippen LogP contribution < -0.4 is 10.1 Å². The molecule has 3 aromatic rings. The summed E-state index contributed by atoms with van der Waals surface area (Å²) in [7, 11) is 1.30. The molecule has 1 amide bonds. The Morgan fingerprint density at radius 1 is 1.23 bits per heavy atom. The molecule has 0 aliphatic carbocycles. The first-order chi connectivity index (χ1) is 14.7. The van der Waals surface area contributed by atoms with Gasteiger partial charge in [-0.1, -0.05) is 0 Å². The van der Waals surface area contributed by atoms with Gasteiger partial charge in [0.2, 0.25) is 0 Å². The Morgan fingerprint density at radius 2 is 1.97 bits per heavy atom. The maximum atomic E-state index is 13.1. The van der Waals surface area contributed by atoms with Crippen LogP contribution in [0.4, 0.5) is 28.9 Å². The summed E-state index contributed by atoms with van der Waals surface area (Å²) in [5, 5.41) is 16.8. The van der Waals surface area contributed by atoms with E-state index in [1.54, 1.807) is 0 Å². The average Bonchev–Trinajstić information content (AvgIpc) is 3.35. The molecular formula is C18H14F4N4O5. The summed E-state index contributed by atoms with van der Waals surface area (Å²) in [5.41, 5.74) is -1.79. The van der Waals surface area contributed by atoms with Crippen LogP contribution in [0.15, 0.2) is 40.8 Å². The highest BCUT2D eigenvalue weighted by atomic mass is 19.3. The number of amides is 1. The Hall–Kier alpha value is -3.90. The second-order valence-electron chi connectivity index (χ2n) is 6.15. The van der Waals surface area contributed by atoms with E-state index < -0.39 is 41.6 Å². The number of benzene rings is 1. The first kappa shape index (κ1) is 21.8. The van der Waals surface area contributed by atoms with E-state index in [1.165, 1.54) is 31.4 Å². The summed E-state index contributed by atoms with van der Waals surface area (Å²) >= 11 is 0. The molecule has 3 rings (SSSR count). The number of anilines is 1. The number of aromatic nitrogens is 2. The molecule has 0 saturated heterocycles. The number of ether oxygens (including phenoxy) is 1. The van der Waals surface area contributed by atoms with Gasteiger partial charge in [0.05, 0.1) is 30.3 Å². The van der Waals surface area contributed by atoms with Crippen molar-refractivity contribution in [3.05, 3.63) is 69.4 Å². The van der Waals surface area contributed by atoms with Crippen LogP contribution in [-0.4, -0.2) is 27.7 Å². The minimum Gasteiger partial charge on any atom is -0.496 e. The van der Waals surface area contributed by atoms with Crippen molar-refractivity contribution in [1.29, 1.82) is 0 Å². The highest BCUT2D eigenvalue weighted by molar-refractivity contribution is 6.02. The number of methoxy groups -OCH3 is 1. The van der Waals surface area contributed by atoms with Crippen molar-refractivity contribution in [3.63, 3.8) is 0 Å². The molecule has 13 heteroatoms. The summed E-state index contributed by atoms with van der Waals surface area (Å²) in [4.78, 5) is 22.7. The number of nitro benzene ring substituents is 1. The van der Waals surface area contributed by atoms with Crippen LogP contribution in [0.25, 0.3) is 0 Å². The number of alkyl halides is 4. The number of halogens is 4. The van der Waals surface area contributed by atoms with Gasteiger partial charge in [-0.25, -0.2) is 17.6 Å². The van der Waals surface area contributed by atoms with Gasteiger partial charge in [-0.05, 0) is 18.2 Å². The number of nitrogens with one attached hydrogen (secondary N) is 1. The first-order valence-electron chi connectivity index (χ1n) is 8.55. The zero-order valence-corrected chi connectivity index (χ0v) is 15.7. The molecule has 0 unspecified atom stereocenters. The second-order valence-corrected chi connectivity index (χ2v) is 6.15. The van der Waals surface area contributed by atoms with Crippen molar-refractivity contribution >= 4 is 17.3 Å². The summed E-state index contributed by atoms with van der Waals surface area (Å²) in [6.07, 6.45) is -6.06. The molecule has 31 heavy (non-hydrogen) atoms. The molecule has 1 aromatic carbocycles. The van der Waals surface area contributed by atoms with Crippen LogP contribution in [0, 0.1) is 10.1 Å². The number of hydrogen-bond donors (Lipinski definition) is 1. The zero-order valence-electron chi connectivity index (χ0n) is 15.7. The van der Waals surface area contributed by atoms with Gasteiger partial charge >= 0.3 is 0 Å². The fourth-order valence-corrected chi connectivity index (χ4v) is 2.66. The summed E-state index contributed by atoms with van der Waals surface area (Å²) in [5.74, 6) is -0.873. The average molecular weight is 442 g/mol. The van der Waals surface area contributed by atoms with E-state index in [0.29, 0.717) is 10.7 Å². The Balaban J connectivity index is 1.78. The van der Waals surface area contributed by atoms with Crippen molar-refractivity contribution in [2.45, 2.75) is 19.4 Å². The molecular weight excluding hydrogens is 428 g/mol. The van der Waals surface area contributed by atoms with Gasteiger partial charge in [-0.15, -0.1) is 0 Å². The molecule has 0 spiro atoms. The van der Waals surface area contributed by atoms with Crippen molar-refractivity contribution in [3.8, 4) is 5.75 Å². The van der Waals surface area contributed by atoms with Crippen molar-refractivity contribution in [1.82, 2.24) is 9.78 Å². The van der Waals surface area contributed by atoms with Gasteiger partial charge in [0.15, 0.2) is 5.76 Å². The molecule has 2 aromatic heterocycles. The van der Waals surface area contributed by atoms with Crippen LogP contribution in [0.2, 0.25) is 0 Å². The minimum atomic E-state index is -3.04. The maximum Gasteiger partial charge on any atom is 0.291 e. The monoisotopic (exact) mass is 442 g/mol. The zero-order chi connectivity index (χ0) is 22.7. The summed E-state index contributed by atoms with van der Waals surface area (Å²) < 4.78 is 62.6. The highest BCUT2D eigenvalue weighted by Crippen LogP contribution is 2.27. The molecule has 0 fully saturated rings. The largest absolute Gasteiger partial charge is 0.496 e. The van der Waals surface area contributed by atoms with Crippen LogP contribution >= 0.6 is 0 Å². The Bertz CT molecular complexity index is 1110. The summed E-state index contributed by atoms with van der Waals surface area (Å²) in [6, 6.07) is 6.75. The van der Waals surface area contributed by atoms with Gasteiger partial charge in [0.1, 0.15) is 22.9 Å². The normalized spacial score (nSPS) is 11.2. The van der Waals surface area contributed by atoms with E-state index in [1.807, 2.05) is 0 Å². The third-order valence-corrected chi connectivity index (χ3v) is 4.06. The van der Waals surface area contributed by atoms with Crippen LogP contribution in [0.3, 0.4) is 0 Å². The van der Waals surface area contributed by atoms with Crippen LogP contribution in [0.5, 0.6) is 5.75 Å². The topological polar surface area (TPSA) is 112 Å². The molecule has 0 aliphatic rings. The number of non-ortho nitro benzene ring substituents is 1. The lowest BCUT2D eigenvalue weighted by Gasteiger charge is -2.06. The number of rotatable bonds is 8. The molecule has 0 atom stereocenters. The fraction of sp³-hybridized carbons (Fsp3) is 0.222. The van der Waals surface area contributed by atoms with Crippen LogP contribution in [-0.2, 0) is 6.54 Å². The molecule has 0 radical (unpaired) electrons. The van der Waals surface area contributed by atoms with E-state index in [2.05, 4.69) is 10.4 Å². The van der Waals surface area contributed by atoms with Crippen molar-refractivity contribution in [2.24, 2.45) is 0 Å². The van der Waals surface area contributed by atoms with E-state index in [4.69, 9.17) is 9.15 Å². The number of hydrogen-bond acceptors (Lipinski definition) is 6. The van der Waals surface area contributed by atoms with E-state index in [-0.39, 0.29) is 28.6 Å². The first-order valence-corrected chi connectivity index (χ1v) is 8.55. The summed E-state index contributed by atoms with van der Waals surface area (Å²) in [6.45, 7) is -0.412. The molecule has 0 bridgehead atoms. The molecule has 0 aliphatic heterocycles. The number of furan rings is 1. The van der Waals surface area contributed by atoms with E-state index in [0.717, 1.165) is 6.07 Å². The molecule has 2 heterocycles. The third kappa shape index (κ3) is 4.99. The lowest BCUT2D eigenvalue weighted by molar-refractivity contribution is -0.384. The van der Waals surface area contributed by atoms with Gasteiger partial charge in [0.25, 0.3) is 24.4 Å². The Morgan fingerprint density at radius 3 is 2.58 bits per heavy atom. The third-order valence-electron chi connectivity index (χ3n) is 4.06. The lowest BCUT2D eigenvalue weighted by Crippen LogP contribution is -2.11. The van der Waals surface area contributed by atoms with Gasteiger partial charge in [0, 0.05) is 12.1 Å². The standard InChI is InChI=1S/C18H14F4N4O5/c1-30-12-5-9(4-10(6-12)26(28)29)23-18(27)15-3-2-11(31-15)8-25-14(17(21)22)7-13(24-25)16(19)20/h2-7,16-17H,8H2,1H3,(H,23,27). The highest BCUT2D eigenvalue weighted by Gasteiger charge is 2.22. The van der Waals surface area contributed by atoms with Gasteiger partial charge < -0.3 is 14.5 Å². The maximum absolute atomic E-state index is 13.1. The second kappa shape index (κ2) is 8.85. The number of nitrogens with zero attached hydrogens (tertiary/aromatic N) is 3. The van der Waals surface area contributed by atoms with Crippen molar-refractivity contribution < 1.29 is 36.4 Å². The predicted octanol–water partition coefficient (Wildman–Crippen LogP) is 4.57. The predicted molar refractivity (Wildman–Crippen MR) is 97.6 cm³/mol. The molecule has 164 valence electrons. The Labute approximate surface area is 171 Å². The van der Waals surface area contributed by atoms with E-state index >= 15 is 0 Å². The fourth-order valence-electron chi connectivity index (χ4n) is 2.66. The Kier molecular flexibility index (Phi) is 6.22. The number of carbonyl (C=O) groups excluding carboxylic acids is 1. The van der Waals surface area contributed by atoms with Crippen LogP contribution in [0.1, 0.15) is 40.6 Å². The quantitative estimate of drug-likeness (QED) is 0.311. The molecule has 0 saturated carbocycles. The SMILES string of the molecule is COc1cc(NC(=O)c2ccc(Cn3nc(C(F)F)cc3C(F)F)o2)cc([N+](=O)[O-])c1. The molecule has 9 nitrogen and oxygen atoms in total. The van der Waals surface area contributed by atoms with Gasteiger partial charge in [-0.2, -0.15) is 5.10 Å². The van der Waals surface area contributed by atoms with Crippen molar-refractivity contribution in [2.75, 3.05) is 12.4 Å². The minimum absolute atomic E-state index is 0.00703. The molecule has 1 N–H and O–H groups in total. The number of carbonyl (C=O) groups is 1. The lowest BCUT2D eigenvalue weighted by atomic mass is 10.2. The smallest absolute Gasteiger partial charge is 0.291 e.